The number of nitriles is 1. The second-order valence-electron chi connectivity index (χ2n) is 5.98. The molecule has 1 N–H and O–H groups in total. The van der Waals surface area contributed by atoms with Gasteiger partial charge in [0.1, 0.15) is 11.4 Å². The van der Waals surface area contributed by atoms with Crippen LogP contribution in [-0.2, 0) is 9.53 Å². The van der Waals surface area contributed by atoms with Crippen LogP contribution in [0, 0.1) is 11.3 Å². The zero-order valence-electron chi connectivity index (χ0n) is 15.3. The number of fused-ring (bicyclic) bond motifs is 1. The fourth-order valence-corrected chi connectivity index (χ4v) is 2.53. The maximum absolute atomic E-state index is 12.3. The van der Waals surface area contributed by atoms with Gasteiger partial charge in [-0.3, -0.25) is 4.79 Å². The summed E-state index contributed by atoms with van der Waals surface area (Å²) in [5.74, 6) is -0.518. The Morgan fingerprint density at radius 3 is 2.71 bits per heavy atom. The number of pyridine rings is 1. The van der Waals surface area contributed by atoms with Gasteiger partial charge in [-0.2, -0.15) is 5.26 Å². The number of nitrogens with zero attached hydrogens (tertiary/aromatic N) is 2. The van der Waals surface area contributed by atoms with Crippen LogP contribution in [0.2, 0.25) is 0 Å². The molecule has 2 aromatic carbocycles. The predicted molar refractivity (Wildman–Crippen MR) is 103 cm³/mol. The molecule has 7 nitrogen and oxygen atoms in total. The highest BCUT2D eigenvalue weighted by Crippen LogP contribution is 2.20. The highest BCUT2D eigenvalue weighted by atomic mass is 16.5. The van der Waals surface area contributed by atoms with Crippen LogP contribution in [0.1, 0.15) is 23.0 Å². The number of rotatable bonds is 5. The van der Waals surface area contributed by atoms with Crippen LogP contribution in [0.15, 0.2) is 54.6 Å². The number of hydrogen-bond donors (Lipinski definition) is 1. The first-order valence-corrected chi connectivity index (χ1v) is 8.47. The molecule has 1 unspecified atom stereocenters. The standard InChI is InChI=1S/C21H17N3O4/c1-13(20(25)23-16-5-3-4-14(10-16)12-22)28-21(26)19-8-6-15-11-17(27-2)7-9-18(15)24-19/h3-11,13H,1-2H3,(H,23,25). The van der Waals surface area contributed by atoms with Crippen molar-refractivity contribution in [2.24, 2.45) is 0 Å². The molecule has 3 rings (SSSR count). The summed E-state index contributed by atoms with van der Waals surface area (Å²) in [5.41, 5.74) is 1.58. The number of esters is 1. The molecular formula is C21H17N3O4. The molecule has 0 spiro atoms. The Kier molecular flexibility index (Phi) is 5.51. The average Bonchev–Trinajstić information content (AvgIpc) is 2.72. The molecule has 0 radical (unpaired) electrons. The fourth-order valence-electron chi connectivity index (χ4n) is 2.53. The van der Waals surface area contributed by atoms with Crippen LogP contribution in [0.5, 0.6) is 5.75 Å². The van der Waals surface area contributed by atoms with Gasteiger partial charge in [-0.1, -0.05) is 12.1 Å². The largest absolute Gasteiger partial charge is 0.497 e. The maximum atomic E-state index is 12.3. The number of anilines is 1. The third kappa shape index (κ3) is 4.24. The van der Waals surface area contributed by atoms with Crippen molar-refractivity contribution in [2.45, 2.75) is 13.0 Å². The molecule has 140 valence electrons. The highest BCUT2D eigenvalue weighted by molar-refractivity contribution is 5.97. The van der Waals surface area contributed by atoms with E-state index in [2.05, 4.69) is 10.3 Å². The molecule has 3 aromatic rings. The molecular weight excluding hydrogens is 358 g/mol. The number of nitrogens with one attached hydrogen (secondary N) is 1. The topological polar surface area (TPSA) is 101 Å². The van der Waals surface area contributed by atoms with E-state index in [4.69, 9.17) is 14.7 Å². The summed E-state index contributed by atoms with van der Waals surface area (Å²) in [6.07, 6.45) is -1.04. The van der Waals surface area contributed by atoms with E-state index >= 15 is 0 Å². The Morgan fingerprint density at radius 2 is 1.96 bits per heavy atom. The second-order valence-corrected chi connectivity index (χ2v) is 5.98. The van der Waals surface area contributed by atoms with Crippen molar-refractivity contribution >= 4 is 28.5 Å². The maximum Gasteiger partial charge on any atom is 0.357 e. The van der Waals surface area contributed by atoms with Gasteiger partial charge < -0.3 is 14.8 Å². The summed E-state index contributed by atoms with van der Waals surface area (Å²) >= 11 is 0. The Hall–Kier alpha value is -3.92. The molecule has 1 heterocycles. The third-order valence-corrected chi connectivity index (χ3v) is 4.02. The van der Waals surface area contributed by atoms with Crippen molar-refractivity contribution in [1.82, 2.24) is 4.98 Å². The lowest BCUT2D eigenvalue weighted by Gasteiger charge is -2.13. The third-order valence-electron chi connectivity index (χ3n) is 4.02. The van der Waals surface area contributed by atoms with Crippen LogP contribution in [0.25, 0.3) is 10.9 Å². The van der Waals surface area contributed by atoms with E-state index < -0.39 is 18.0 Å². The number of carbonyl (C=O) groups excluding carboxylic acids is 2. The molecule has 0 aliphatic carbocycles. The Morgan fingerprint density at radius 1 is 1.14 bits per heavy atom. The van der Waals surface area contributed by atoms with Crippen LogP contribution < -0.4 is 10.1 Å². The van der Waals surface area contributed by atoms with E-state index in [0.29, 0.717) is 22.5 Å². The number of hydrogen-bond acceptors (Lipinski definition) is 6. The molecule has 1 aromatic heterocycles. The van der Waals surface area contributed by atoms with Crippen molar-refractivity contribution in [2.75, 3.05) is 12.4 Å². The molecule has 28 heavy (non-hydrogen) atoms. The molecule has 0 aliphatic rings. The van der Waals surface area contributed by atoms with Gasteiger partial charge >= 0.3 is 5.97 Å². The number of aromatic nitrogens is 1. The Labute approximate surface area is 161 Å². The van der Waals surface area contributed by atoms with E-state index in [1.165, 1.54) is 19.1 Å². The molecule has 1 amide bonds. The van der Waals surface area contributed by atoms with Crippen LogP contribution in [0.4, 0.5) is 5.69 Å². The Bertz CT molecular complexity index is 1090. The molecule has 0 saturated heterocycles. The summed E-state index contributed by atoms with van der Waals surface area (Å²) in [5, 5.41) is 12.3. The molecule has 0 aliphatic heterocycles. The number of ether oxygens (including phenoxy) is 2. The normalized spacial score (nSPS) is 11.3. The van der Waals surface area contributed by atoms with E-state index in [1.807, 2.05) is 12.1 Å². The lowest BCUT2D eigenvalue weighted by Crippen LogP contribution is -2.30. The summed E-state index contributed by atoms with van der Waals surface area (Å²) in [7, 11) is 1.57. The summed E-state index contributed by atoms with van der Waals surface area (Å²) < 4.78 is 10.4. The molecule has 1 atom stereocenters. The number of amides is 1. The zero-order chi connectivity index (χ0) is 20.1. The van der Waals surface area contributed by atoms with Gasteiger partial charge in [-0.25, -0.2) is 9.78 Å². The first kappa shape index (κ1) is 18.9. The van der Waals surface area contributed by atoms with Gasteiger partial charge in [-0.05, 0) is 49.4 Å². The molecule has 0 saturated carbocycles. The number of benzene rings is 2. The quantitative estimate of drug-likeness (QED) is 0.687. The first-order chi connectivity index (χ1) is 13.5. The monoisotopic (exact) mass is 375 g/mol. The van der Waals surface area contributed by atoms with Crippen molar-refractivity contribution in [1.29, 1.82) is 5.26 Å². The van der Waals surface area contributed by atoms with Crippen molar-refractivity contribution in [3.8, 4) is 11.8 Å². The highest BCUT2D eigenvalue weighted by Gasteiger charge is 2.20. The smallest absolute Gasteiger partial charge is 0.357 e. The molecule has 7 heteroatoms. The summed E-state index contributed by atoms with van der Waals surface area (Å²) in [4.78, 5) is 28.9. The van der Waals surface area contributed by atoms with Gasteiger partial charge in [0.05, 0.1) is 24.3 Å². The predicted octanol–water partition coefficient (Wildman–Crippen LogP) is 3.30. The minimum atomic E-state index is -1.04. The van der Waals surface area contributed by atoms with E-state index in [0.717, 1.165) is 5.39 Å². The number of methoxy groups -OCH3 is 1. The molecule has 0 fully saturated rings. The van der Waals surface area contributed by atoms with E-state index in [9.17, 15) is 9.59 Å². The molecule has 0 bridgehead atoms. The summed E-state index contributed by atoms with van der Waals surface area (Å²) in [6, 6.07) is 17.0. The SMILES string of the molecule is COc1ccc2nc(C(=O)OC(C)C(=O)Nc3cccc(C#N)c3)ccc2c1. The minimum Gasteiger partial charge on any atom is -0.497 e. The minimum absolute atomic E-state index is 0.101. The van der Waals surface area contributed by atoms with Crippen LogP contribution in [0.3, 0.4) is 0 Å². The van der Waals surface area contributed by atoms with Crippen molar-refractivity contribution < 1.29 is 19.1 Å². The van der Waals surface area contributed by atoms with Crippen LogP contribution in [-0.4, -0.2) is 30.1 Å². The van der Waals surface area contributed by atoms with E-state index in [-0.39, 0.29) is 5.69 Å². The van der Waals surface area contributed by atoms with Crippen molar-refractivity contribution in [3.63, 3.8) is 0 Å². The van der Waals surface area contributed by atoms with Gasteiger partial charge in [0.2, 0.25) is 0 Å². The number of carbonyl (C=O) groups is 2. The van der Waals surface area contributed by atoms with Crippen LogP contribution >= 0.6 is 0 Å². The Balaban J connectivity index is 1.68. The van der Waals surface area contributed by atoms with Gasteiger partial charge in [-0.15, -0.1) is 0 Å². The average molecular weight is 375 g/mol. The lowest BCUT2D eigenvalue weighted by molar-refractivity contribution is -0.123. The second kappa shape index (κ2) is 8.18. The van der Waals surface area contributed by atoms with Gasteiger partial charge in [0, 0.05) is 11.1 Å². The van der Waals surface area contributed by atoms with E-state index in [1.54, 1.807) is 43.5 Å². The fraction of sp³-hybridized carbons (Fsp3) is 0.143. The first-order valence-electron chi connectivity index (χ1n) is 8.47. The van der Waals surface area contributed by atoms with Gasteiger partial charge in [0.25, 0.3) is 5.91 Å². The summed E-state index contributed by atoms with van der Waals surface area (Å²) in [6.45, 7) is 1.47. The lowest BCUT2D eigenvalue weighted by atomic mass is 10.2. The van der Waals surface area contributed by atoms with Crippen molar-refractivity contribution in [3.05, 3.63) is 65.9 Å². The zero-order valence-corrected chi connectivity index (χ0v) is 15.3. The van der Waals surface area contributed by atoms with Gasteiger partial charge in [0.15, 0.2) is 6.10 Å².